The lowest BCUT2D eigenvalue weighted by atomic mass is 9.95. The minimum atomic E-state index is -0.424. The molecule has 1 aliphatic rings. The first kappa shape index (κ1) is 18.0. The van der Waals surface area contributed by atoms with Gasteiger partial charge in [0.05, 0.1) is 12.1 Å². The molecule has 0 aromatic carbocycles. The Labute approximate surface area is 142 Å². The smallest absolute Gasteiger partial charge is 0.410 e. The molecular formula is C18H23N3O3. The number of carbonyl (C=O) groups is 1. The number of amides is 1. The Bertz CT molecular complexity index is 686. The van der Waals surface area contributed by atoms with Gasteiger partial charge in [0.2, 0.25) is 5.82 Å². The predicted molar refractivity (Wildman–Crippen MR) is 90.4 cm³/mol. The van der Waals surface area contributed by atoms with Crippen LogP contribution in [0.5, 0.6) is 0 Å². The summed E-state index contributed by atoms with van der Waals surface area (Å²) in [7, 11) is 1.57. The van der Waals surface area contributed by atoms with Gasteiger partial charge in [-0.05, 0) is 50.8 Å². The second kappa shape index (κ2) is 7.93. The number of hydrogen-bond acceptors (Lipinski definition) is 5. The van der Waals surface area contributed by atoms with E-state index >= 15 is 0 Å². The number of aromatic nitrogens is 2. The number of methoxy groups -OCH3 is 1. The topological polar surface area (TPSA) is 64.6 Å². The van der Waals surface area contributed by atoms with Crippen molar-refractivity contribution in [2.75, 3.05) is 26.9 Å². The Balaban J connectivity index is 2.06. The fourth-order valence-electron chi connectivity index (χ4n) is 2.55. The van der Waals surface area contributed by atoms with Crippen molar-refractivity contribution in [2.24, 2.45) is 0 Å². The zero-order valence-electron chi connectivity index (χ0n) is 14.6. The number of allylic oxidation sites excluding steroid dienone is 1. The highest BCUT2D eigenvalue weighted by Gasteiger charge is 2.40. The summed E-state index contributed by atoms with van der Waals surface area (Å²) in [5, 5.41) is 0. The van der Waals surface area contributed by atoms with Crippen LogP contribution in [0.4, 0.5) is 4.79 Å². The first-order chi connectivity index (χ1) is 11.4. The summed E-state index contributed by atoms with van der Waals surface area (Å²) in [5.74, 6) is 6.44. The van der Waals surface area contributed by atoms with E-state index in [1.807, 2.05) is 32.9 Å². The van der Waals surface area contributed by atoms with E-state index < -0.39 is 5.54 Å². The molecule has 0 atom stereocenters. The molecule has 1 aromatic heterocycles. The summed E-state index contributed by atoms with van der Waals surface area (Å²) >= 11 is 0. The lowest BCUT2D eigenvalue weighted by molar-refractivity contribution is 0.0610. The van der Waals surface area contributed by atoms with Crippen LogP contribution in [0.25, 0.3) is 0 Å². The average molecular weight is 329 g/mol. The van der Waals surface area contributed by atoms with E-state index in [-0.39, 0.29) is 12.7 Å². The molecule has 128 valence electrons. The third-order valence-corrected chi connectivity index (χ3v) is 4.02. The van der Waals surface area contributed by atoms with E-state index in [0.29, 0.717) is 19.0 Å². The Hall–Kier alpha value is -2.39. The van der Waals surface area contributed by atoms with Gasteiger partial charge in [0.1, 0.15) is 6.61 Å². The average Bonchev–Trinajstić information content (AvgIpc) is 2.82. The summed E-state index contributed by atoms with van der Waals surface area (Å²) in [6.45, 7) is 7.16. The maximum Gasteiger partial charge on any atom is 0.410 e. The zero-order chi connectivity index (χ0) is 17.6. The molecule has 1 aromatic rings. The first-order valence-electron chi connectivity index (χ1n) is 7.89. The van der Waals surface area contributed by atoms with Gasteiger partial charge in [-0.1, -0.05) is 5.92 Å². The van der Waals surface area contributed by atoms with E-state index in [1.165, 1.54) is 0 Å². The summed E-state index contributed by atoms with van der Waals surface area (Å²) in [6, 6.07) is 1.83. The molecule has 6 heteroatoms. The SMILES string of the molecule is COCCOC(=O)N1CC/C(=C\C#Cc2nccc(C)n2)C1(C)C. The van der Waals surface area contributed by atoms with Gasteiger partial charge < -0.3 is 9.47 Å². The minimum Gasteiger partial charge on any atom is -0.447 e. The predicted octanol–water partition coefficient (Wildman–Crippen LogP) is 2.33. The summed E-state index contributed by atoms with van der Waals surface area (Å²) < 4.78 is 10.1. The Kier molecular flexibility index (Phi) is 5.93. The molecule has 0 bridgehead atoms. The number of rotatable bonds is 3. The Morgan fingerprint density at radius 3 is 2.96 bits per heavy atom. The summed E-state index contributed by atoms with van der Waals surface area (Å²) in [6.07, 6.45) is 4.00. The molecular weight excluding hydrogens is 306 g/mol. The molecule has 1 saturated heterocycles. The van der Waals surface area contributed by atoms with E-state index in [2.05, 4.69) is 21.8 Å². The van der Waals surface area contributed by atoms with Crippen molar-refractivity contribution >= 4 is 6.09 Å². The molecule has 6 nitrogen and oxygen atoms in total. The van der Waals surface area contributed by atoms with E-state index in [1.54, 1.807) is 18.2 Å². The highest BCUT2D eigenvalue weighted by molar-refractivity contribution is 5.70. The van der Waals surface area contributed by atoms with Crippen molar-refractivity contribution in [3.8, 4) is 11.8 Å². The van der Waals surface area contributed by atoms with E-state index in [9.17, 15) is 4.79 Å². The van der Waals surface area contributed by atoms with Crippen LogP contribution in [-0.2, 0) is 9.47 Å². The normalized spacial score (nSPS) is 17.5. The number of aryl methyl sites for hydroxylation is 1. The monoisotopic (exact) mass is 329 g/mol. The van der Waals surface area contributed by atoms with E-state index in [0.717, 1.165) is 17.7 Å². The third kappa shape index (κ3) is 4.33. The molecule has 24 heavy (non-hydrogen) atoms. The van der Waals surface area contributed by atoms with Crippen LogP contribution < -0.4 is 0 Å². The highest BCUT2D eigenvalue weighted by atomic mass is 16.6. The van der Waals surface area contributed by atoms with Crippen LogP contribution in [0.2, 0.25) is 0 Å². The number of likely N-dealkylation sites (tertiary alicyclic amines) is 1. The fraction of sp³-hybridized carbons (Fsp3) is 0.500. The van der Waals surface area contributed by atoms with Crippen molar-refractivity contribution in [3.05, 3.63) is 35.4 Å². The van der Waals surface area contributed by atoms with Crippen LogP contribution in [0.1, 0.15) is 31.8 Å². The number of ether oxygens (including phenoxy) is 2. The molecule has 0 radical (unpaired) electrons. The van der Waals surface area contributed by atoms with Gasteiger partial charge in [-0.3, -0.25) is 4.90 Å². The Morgan fingerprint density at radius 2 is 2.25 bits per heavy atom. The lowest BCUT2D eigenvalue weighted by Crippen LogP contribution is -2.44. The van der Waals surface area contributed by atoms with Crippen LogP contribution in [0, 0.1) is 18.8 Å². The second-order valence-corrected chi connectivity index (χ2v) is 6.03. The summed E-state index contributed by atoms with van der Waals surface area (Å²) in [5.41, 5.74) is 1.55. The van der Waals surface area contributed by atoms with Gasteiger partial charge in [0, 0.05) is 25.5 Å². The van der Waals surface area contributed by atoms with Crippen molar-refractivity contribution in [2.45, 2.75) is 32.7 Å². The lowest BCUT2D eigenvalue weighted by Gasteiger charge is -2.31. The van der Waals surface area contributed by atoms with Gasteiger partial charge >= 0.3 is 6.09 Å². The van der Waals surface area contributed by atoms with Crippen molar-refractivity contribution < 1.29 is 14.3 Å². The standard InChI is InChI=1S/C18H23N3O3/c1-14-8-10-19-16(20-14)7-5-6-15-9-11-21(18(15,2)3)17(22)24-13-12-23-4/h6,8,10H,9,11-13H2,1-4H3/b15-6+. The second-order valence-electron chi connectivity index (χ2n) is 6.03. The zero-order valence-corrected chi connectivity index (χ0v) is 14.6. The van der Waals surface area contributed by atoms with E-state index in [4.69, 9.17) is 9.47 Å². The van der Waals surface area contributed by atoms with Crippen LogP contribution in [0.3, 0.4) is 0 Å². The fourth-order valence-corrected chi connectivity index (χ4v) is 2.55. The summed E-state index contributed by atoms with van der Waals surface area (Å²) in [4.78, 5) is 22.3. The maximum atomic E-state index is 12.2. The van der Waals surface area contributed by atoms with Gasteiger partial charge in [0.15, 0.2) is 0 Å². The molecule has 2 rings (SSSR count). The third-order valence-electron chi connectivity index (χ3n) is 4.02. The minimum absolute atomic E-state index is 0.255. The molecule has 1 fully saturated rings. The van der Waals surface area contributed by atoms with Crippen molar-refractivity contribution in [1.29, 1.82) is 0 Å². The quantitative estimate of drug-likeness (QED) is 0.629. The van der Waals surface area contributed by atoms with Crippen molar-refractivity contribution in [1.82, 2.24) is 14.9 Å². The number of carbonyl (C=O) groups excluding carboxylic acids is 1. The maximum absolute atomic E-state index is 12.2. The molecule has 1 amide bonds. The number of nitrogens with zero attached hydrogens (tertiary/aromatic N) is 3. The largest absolute Gasteiger partial charge is 0.447 e. The highest BCUT2D eigenvalue weighted by Crippen LogP contribution is 2.34. The van der Waals surface area contributed by atoms with Gasteiger partial charge in [-0.25, -0.2) is 14.8 Å². The number of hydrogen-bond donors (Lipinski definition) is 0. The van der Waals surface area contributed by atoms with Gasteiger partial charge in [-0.15, -0.1) is 0 Å². The molecule has 0 unspecified atom stereocenters. The van der Waals surface area contributed by atoms with Crippen LogP contribution in [0.15, 0.2) is 23.9 Å². The molecule has 2 heterocycles. The van der Waals surface area contributed by atoms with Crippen LogP contribution >= 0.6 is 0 Å². The van der Waals surface area contributed by atoms with Crippen LogP contribution in [-0.4, -0.2) is 53.4 Å². The Morgan fingerprint density at radius 1 is 1.46 bits per heavy atom. The molecule has 1 aliphatic heterocycles. The molecule has 0 spiro atoms. The molecule has 0 N–H and O–H groups in total. The van der Waals surface area contributed by atoms with Gasteiger partial charge in [0.25, 0.3) is 0 Å². The van der Waals surface area contributed by atoms with Gasteiger partial charge in [-0.2, -0.15) is 0 Å². The molecule has 0 saturated carbocycles. The first-order valence-corrected chi connectivity index (χ1v) is 7.89. The van der Waals surface area contributed by atoms with Crippen molar-refractivity contribution in [3.63, 3.8) is 0 Å². The molecule has 0 aliphatic carbocycles.